The molecule has 2 aliphatic rings. The minimum Gasteiger partial charge on any atom is -0.395 e. The van der Waals surface area contributed by atoms with Gasteiger partial charge in [0.05, 0.1) is 6.61 Å². The van der Waals surface area contributed by atoms with Gasteiger partial charge in [0.25, 0.3) is 0 Å². The number of hydrogen-bond donors (Lipinski definition) is 1. The summed E-state index contributed by atoms with van der Waals surface area (Å²) in [5, 5.41) is 14.4. The maximum Gasteiger partial charge on any atom is 0.0600 e. The summed E-state index contributed by atoms with van der Waals surface area (Å²) < 4.78 is 0. The molecule has 2 heterocycles. The topological polar surface area (TPSA) is 26.7 Å². The molecule has 0 amide bonds. The Morgan fingerprint density at radius 1 is 1.00 bits per heavy atom. The van der Waals surface area contributed by atoms with Gasteiger partial charge in [-0.15, -0.1) is 0 Å². The van der Waals surface area contributed by atoms with E-state index in [0.717, 1.165) is 12.6 Å². The van der Waals surface area contributed by atoms with Gasteiger partial charge in [0.2, 0.25) is 0 Å². The van der Waals surface area contributed by atoms with Gasteiger partial charge in [0, 0.05) is 25.2 Å². The van der Waals surface area contributed by atoms with Crippen LogP contribution in [-0.4, -0.2) is 46.9 Å². The molecule has 3 heteroatoms. The summed E-state index contributed by atoms with van der Waals surface area (Å²) in [7, 11) is 0. The zero-order chi connectivity index (χ0) is 10.7. The lowest BCUT2D eigenvalue weighted by atomic mass is 10.0. The van der Waals surface area contributed by atoms with Crippen LogP contribution in [0, 0.1) is 0 Å². The van der Waals surface area contributed by atoms with Crippen molar-refractivity contribution in [2.45, 2.75) is 57.5 Å². The fourth-order valence-corrected chi connectivity index (χ4v) is 3.08. The van der Waals surface area contributed by atoms with Gasteiger partial charge >= 0.3 is 0 Å². The summed E-state index contributed by atoms with van der Waals surface area (Å²) in [6.45, 7) is 4.97. The summed E-state index contributed by atoms with van der Waals surface area (Å²) in [5.41, 5.74) is 0. The van der Waals surface area contributed by atoms with Crippen LogP contribution in [0.5, 0.6) is 0 Å². The molecule has 0 aliphatic carbocycles. The van der Waals surface area contributed by atoms with Gasteiger partial charge in [-0.3, -0.25) is 0 Å². The maximum atomic E-state index is 9.36. The van der Waals surface area contributed by atoms with Crippen LogP contribution < -0.4 is 0 Å². The first-order chi connectivity index (χ1) is 7.36. The average molecular weight is 212 g/mol. The lowest BCUT2D eigenvalue weighted by Gasteiger charge is -2.43. The summed E-state index contributed by atoms with van der Waals surface area (Å²) >= 11 is 0. The zero-order valence-corrected chi connectivity index (χ0v) is 9.86. The molecule has 0 aromatic heterocycles. The molecule has 2 saturated heterocycles. The zero-order valence-electron chi connectivity index (χ0n) is 9.86. The van der Waals surface area contributed by atoms with Gasteiger partial charge in [-0.05, 0) is 32.1 Å². The van der Waals surface area contributed by atoms with Crippen LogP contribution in [-0.2, 0) is 0 Å². The standard InChI is InChI=1S/C12H24N2O/c1-2-11-6-3-4-8-13(11)14-9-5-7-12(14)10-15/h11-12,15H,2-10H2,1H3/t11-,12+/m1/s1. The van der Waals surface area contributed by atoms with Crippen molar-refractivity contribution in [2.24, 2.45) is 0 Å². The van der Waals surface area contributed by atoms with Crippen LogP contribution in [0.15, 0.2) is 0 Å². The fraction of sp³-hybridized carbons (Fsp3) is 1.00. The molecule has 0 radical (unpaired) electrons. The van der Waals surface area contributed by atoms with E-state index < -0.39 is 0 Å². The molecule has 2 aliphatic heterocycles. The monoisotopic (exact) mass is 212 g/mol. The van der Waals surface area contributed by atoms with Crippen molar-refractivity contribution >= 4 is 0 Å². The molecule has 0 aromatic rings. The second-order valence-electron chi connectivity index (χ2n) is 4.86. The van der Waals surface area contributed by atoms with Gasteiger partial charge in [-0.2, -0.15) is 0 Å². The van der Waals surface area contributed by atoms with E-state index in [-0.39, 0.29) is 0 Å². The molecule has 0 unspecified atom stereocenters. The van der Waals surface area contributed by atoms with Crippen molar-refractivity contribution in [1.29, 1.82) is 0 Å². The predicted molar refractivity (Wildman–Crippen MR) is 61.4 cm³/mol. The summed E-state index contributed by atoms with van der Waals surface area (Å²) in [4.78, 5) is 0. The van der Waals surface area contributed by atoms with Crippen molar-refractivity contribution in [1.82, 2.24) is 10.0 Å². The SMILES string of the molecule is CC[C@@H]1CCCCN1N1CCC[C@H]1CO. The molecule has 88 valence electrons. The molecular weight excluding hydrogens is 188 g/mol. The number of rotatable bonds is 3. The quantitative estimate of drug-likeness (QED) is 0.770. The molecule has 1 N–H and O–H groups in total. The number of hydrazine groups is 1. The van der Waals surface area contributed by atoms with Crippen LogP contribution >= 0.6 is 0 Å². The molecule has 2 fully saturated rings. The Hall–Kier alpha value is -0.120. The third-order valence-corrected chi connectivity index (χ3v) is 3.95. The Balaban J connectivity index is 1.99. The summed E-state index contributed by atoms with van der Waals surface area (Å²) in [6, 6.07) is 1.13. The highest BCUT2D eigenvalue weighted by atomic mass is 16.3. The molecule has 0 spiro atoms. The molecule has 0 saturated carbocycles. The Kier molecular flexibility index (Phi) is 4.00. The number of hydrogen-bond acceptors (Lipinski definition) is 3. The Bertz CT molecular complexity index is 198. The highest BCUT2D eigenvalue weighted by Gasteiger charge is 2.33. The normalized spacial score (nSPS) is 34.8. The largest absolute Gasteiger partial charge is 0.395 e. The first-order valence-electron chi connectivity index (χ1n) is 6.51. The second-order valence-corrected chi connectivity index (χ2v) is 4.86. The fourth-order valence-electron chi connectivity index (χ4n) is 3.08. The van der Waals surface area contributed by atoms with Crippen LogP contribution in [0.25, 0.3) is 0 Å². The van der Waals surface area contributed by atoms with Crippen LogP contribution in [0.4, 0.5) is 0 Å². The van der Waals surface area contributed by atoms with E-state index in [0.29, 0.717) is 12.6 Å². The first kappa shape index (κ1) is 11.4. The molecule has 2 atom stereocenters. The van der Waals surface area contributed by atoms with E-state index in [4.69, 9.17) is 0 Å². The molecule has 15 heavy (non-hydrogen) atoms. The van der Waals surface area contributed by atoms with Crippen LogP contribution in [0.1, 0.15) is 45.4 Å². The predicted octanol–water partition coefficient (Wildman–Crippen LogP) is 1.62. The number of nitrogens with zero attached hydrogens (tertiary/aromatic N) is 2. The van der Waals surface area contributed by atoms with Gasteiger partial charge in [-0.1, -0.05) is 13.3 Å². The van der Waals surface area contributed by atoms with E-state index in [1.807, 2.05) is 0 Å². The first-order valence-corrected chi connectivity index (χ1v) is 6.51. The van der Waals surface area contributed by atoms with Crippen molar-refractivity contribution in [3.8, 4) is 0 Å². The van der Waals surface area contributed by atoms with E-state index in [1.54, 1.807) is 0 Å². The number of piperidine rings is 1. The van der Waals surface area contributed by atoms with Crippen molar-refractivity contribution in [2.75, 3.05) is 19.7 Å². The maximum absolute atomic E-state index is 9.36. The summed E-state index contributed by atoms with van der Waals surface area (Å²) in [5.74, 6) is 0. The van der Waals surface area contributed by atoms with Gasteiger partial charge < -0.3 is 5.11 Å². The number of aliphatic hydroxyl groups excluding tert-OH is 1. The van der Waals surface area contributed by atoms with E-state index in [9.17, 15) is 5.11 Å². The molecule has 2 rings (SSSR count). The Labute approximate surface area is 93.0 Å². The minimum absolute atomic E-state index is 0.326. The molecule has 0 bridgehead atoms. The molecule has 3 nitrogen and oxygen atoms in total. The number of aliphatic hydroxyl groups is 1. The van der Waals surface area contributed by atoms with Gasteiger partial charge in [-0.25, -0.2) is 10.0 Å². The van der Waals surface area contributed by atoms with Gasteiger partial charge in [0.1, 0.15) is 0 Å². The van der Waals surface area contributed by atoms with Crippen molar-refractivity contribution in [3.05, 3.63) is 0 Å². The van der Waals surface area contributed by atoms with Crippen LogP contribution in [0.3, 0.4) is 0 Å². The lowest BCUT2D eigenvalue weighted by molar-refractivity contribution is -0.0972. The van der Waals surface area contributed by atoms with E-state index >= 15 is 0 Å². The van der Waals surface area contributed by atoms with Gasteiger partial charge in [0.15, 0.2) is 0 Å². The van der Waals surface area contributed by atoms with Crippen molar-refractivity contribution in [3.63, 3.8) is 0 Å². The second kappa shape index (κ2) is 5.28. The average Bonchev–Trinajstić information content (AvgIpc) is 2.76. The van der Waals surface area contributed by atoms with E-state index in [2.05, 4.69) is 16.9 Å². The smallest absolute Gasteiger partial charge is 0.0600 e. The Morgan fingerprint density at radius 2 is 1.67 bits per heavy atom. The Morgan fingerprint density at radius 3 is 2.40 bits per heavy atom. The highest BCUT2D eigenvalue weighted by Crippen LogP contribution is 2.27. The lowest BCUT2D eigenvalue weighted by Crippen LogP contribution is -2.53. The summed E-state index contributed by atoms with van der Waals surface area (Å²) in [6.07, 6.45) is 7.71. The third-order valence-electron chi connectivity index (χ3n) is 3.95. The van der Waals surface area contributed by atoms with Crippen molar-refractivity contribution < 1.29 is 5.11 Å². The third kappa shape index (κ3) is 2.35. The van der Waals surface area contributed by atoms with E-state index in [1.165, 1.54) is 45.1 Å². The molecule has 0 aromatic carbocycles. The molecular formula is C12H24N2O. The van der Waals surface area contributed by atoms with Crippen LogP contribution in [0.2, 0.25) is 0 Å². The highest BCUT2D eigenvalue weighted by molar-refractivity contribution is 4.82. The minimum atomic E-state index is 0.326.